The predicted molar refractivity (Wildman–Crippen MR) is 84.9 cm³/mol. The maximum absolute atomic E-state index is 2.26. The van der Waals surface area contributed by atoms with Crippen molar-refractivity contribution in [1.29, 1.82) is 0 Å². The molecular weight excluding hydrogens is 292 g/mol. The molecular formula is C19H21ClN2. The summed E-state index contributed by atoms with van der Waals surface area (Å²) in [6, 6.07) is 21.3. The van der Waals surface area contributed by atoms with Gasteiger partial charge in [-0.15, -0.1) is 0 Å². The van der Waals surface area contributed by atoms with Crippen LogP contribution in [0.25, 0.3) is 0 Å². The average Bonchev–Trinajstić information content (AvgIpc) is 3.01. The zero-order valence-corrected chi connectivity index (χ0v) is 13.4. The molecule has 0 aliphatic heterocycles. The lowest BCUT2D eigenvalue weighted by Crippen LogP contribution is -3.00. The normalized spacial score (nSPS) is 10.2. The highest BCUT2D eigenvalue weighted by Gasteiger charge is 2.04. The first-order chi connectivity index (χ1) is 10.4. The Bertz CT molecular complexity index is 604. The summed E-state index contributed by atoms with van der Waals surface area (Å²) in [4.78, 5) is 0. The molecule has 0 N–H and O–H groups in total. The number of aryl methyl sites for hydroxylation is 4. The first kappa shape index (κ1) is 16.3. The van der Waals surface area contributed by atoms with Crippen molar-refractivity contribution in [1.82, 2.24) is 4.57 Å². The molecule has 3 rings (SSSR count). The lowest BCUT2D eigenvalue weighted by Gasteiger charge is -1.99. The van der Waals surface area contributed by atoms with Crippen LogP contribution >= 0.6 is 0 Å². The van der Waals surface area contributed by atoms with Crippen molar-refractivity contribution in [2.45, 2.75) is 25.9 Å². The van der Waals surface area contributed by atoms with Gasteiger partial charge in [-0.25, -0.2) is 9.13 Å². The summed E-state index contributed by atoms with van der Waals surface area (Å²) in [5.41, 5.74) is 2.78. The van der Waals surface area contributed by atoms with Crippen LogP contribution in [-0.4, -0.2) is 4.57 Å². The van der Waals surface area contributed by atoms with E-state index in [0.29, 0.717) is 0 Å². The molecule has 1 heterocycles. The summed E-state index contributed by atoms with van der Waals surface area (Å²) < 4.78 is 4.52. The Labute approximate surface area is 138 Å². The highest BCUT2D eigenvalue weighted by molar-refractivity contribution is 5.15. The molecule has 3 heteroatoms. The van der Waals surface area contributed by atoms with E-state index in [9.17, 15) is 0 Å². The average molecular weight is 313 g/mol. The number of rotatable bonds is 6. The monoisotopic (exact) mass is 312 g/mol. The second-order valence-corrected chi connectivity index (χ2v) is 5.36. The number of aromatic nitrogens is 2. The largest absolute Gasteiger partial charge is 1.00 e. The van der Waals surface area contributed by atoms with Crippen molar-refractivity contribution in [3.8, 4) is 0 Å². The summed E-state index contributed by atoms with van der Waals surface area (Å²) in [5.74, 6) is 0. The summed E-state index contributed by atoms with van der Waals surface area (Å²) in [6.07, 6.45) is 8.68. The van der Waals surface area contributed by atoms with Gasteiger partial charge in [0.1, 0.15) is 12.4 Å². The van der Waals surface area contributed by atoms with Crippen molar-refractivity contribution in [2.24, 2.45) is 0 Å². The van der Waals surface area contributed by atoms with Gasteiger partial charge in [-0.05, 0) is 11.1 Å². The fraction of sp³-hybridized carbons (Fsp3) is 0.211. The number of benzene rings is 2. The molecule has 0 radical (unpaired) electrons. The quantitative estimate of drug-likeness (QED) is 0.578. The van der Waals surface area contributed by atoms with E-state index in [4.69, 9.17) is 0 Å². The number of nitrogens with zero attached hydrogens (tertiary/aromatic N) is 2. The third-order valence-electron chi connectivity index (χ3n) is 3.75. The van der Waals surface area contributed by atoms with E-state index in [-0.39, 0.29) is 12.4 Å². The lowest BCUT2D eigenvalue weighted by atomic mass is 10.1. The molecule has 2 aromatic carbocycles. The summed E-state index contributed by atoms with van der Waals surface area (Å²) in [6.45, 7) is 2.06. The van der Waals surface area contributed by atoms with Gasteiger partial charge >= 0.3 is 0 Å². The van der Waals surface area contributed by atoms with E-state index >= 15 is 0 Å². The Hall–Kier alpha value is -2.06. The van der Waals surface area contributed by atoms with Crippen LogP contribution in [0.15, 0.2) is 79.4 Å². The Kier molecular flexibility index (Phi) is 6.23. The van der Waals surface area contributed by atoms with Crippen LogP contribution in [0.2, 0.25) is 0 Å². The molecule has 22 heavy (non-hydrogen) atoms. The minimum absolute atomic E-state index is 0. The van der Waals surface area contributed by atoms with E-state index in [1.54, 1.807) is 0 Å². The molecule has 114 valence electrons. The minimum Gasteiger partial charge on any atom is -1.00 e. The van der Waals surface area contributed by atoms with E-state index in [0.717, 1.165) is 25.9 Å². The molecule has 0 bridgehead atoms. The van der Waals surface area contributed by atoms with Gasteiger partial charge in [-0.2, -0.15) is 0 Å². The van der Waals surface area contributed by atoms with Crippen LogP contribution in [0.5, 0.6) is 0 Å². The maximum Gasteiger partial charge on any atom is 0.243 e. The Morgan fingerprint density at radius 2 is 1.36 bits per heavy atom. The van der Waals surface area contributed by atoms with Crippen LogP contribution in [-0.2, 0) is 25.9 Å². The molecule has 0 atom stereocenters. The van der Waals surface area contributed by atoms with Gasteiger partial charge in [0.2, 0.25) is 6.33 Å². The summed E-state index contributed by atoms with van der Waals surface area (Å²) >= 11 is 0. The van der Waals surface area contributed by atoms with Gasteiger partial charge < -0.3 is 12.4 Å². The highest BCUT2D eigenvalue weighted by atomic mass is 35.5. The second kappa shape index (κ2) is 8.40. The molecule has 3 aromatic rings. The maximum atomic E-state index is 2.26. The third kappa shape index (κ3) is 4.74. The molecule has 0 aliphatic rings. The first-order valence-corrected chi connectivity index (χ1v) is 7.53. The Balaban J connectivity index is 0.00000176. The van der Waals surface area contributed by atoms with Crippen LogP contribution in [0.4, 0.5) is 0 Å². The van der Waals surface area contributed by atoms with Gasteiger partial charge in [0.05, 0.1) is 13.1 Å². The van der Waals surface area contributed by atoms with Gasteiger partial charge in [0, 0.05) is 12.8 Å². The fourth-order valence-corrected chi connectivity index (χ4v) is 2.51. The van der Waals surface area contributed by atoms with Crippen LogP contribution in [0.1, 0.15) is 11.1 Å². The summed E-state index contributed by atoms with van der Waals surface area (Å²) in [7, 11) is 0. The van der Waals surface area contributed by atoms with E-state index in [1.807, 2.05) is 0 Å². The zero-order valence-electron chi connectivity index (χ0n) is 12.6. The van der Waals surface area contributed by atoms with E-state index < -0.39 is 0 Å². The molecule has 0 unspecified atom stereocenters. The van der Waals surface area contributed by atoms with Crippen molar-refractivity contribution >= 4 is 0 Å². The van der Waals surface area contributed by atoms with Crippen LogP contribution in [0, 0.1) is 0 Å². The summed E-state index contributed by atoms with van der Waals surface area (Å²) in [5, 5.41) is 0. The number of hydrogen-bond donors (Lipinski definition) is 0. The molecule has 2 nitrogen and oxygen atoms in total. The minimum atomic E-state index is 0. The van der Waals surface area contributed by atoms with E-state index in [2.05, 4.69) is 88.5 Å². The number of imidazole rings is 1. The van der Waals surface area contributed by atoms with Crippen LogP contribution < -0.4 is 17.0 Å². The zero-order chi connectivity index (χ0) is 14.3. The lowest BCUT2D eigenvalue weighted by molar-refractivity contribution is -0.696. The topological polar surface area (TPSA) is 8.81 Å². The van der Waals surface area contributed by atoms with Crippen molar-refractivity contribution < 1.29 is 17.0 Å². The third-order valence-corrected chi connectivity index (χ3v) is 3.75. The fourth-order valence-electron chi connectivity index (χ4n) is 2.51. The first-order valence-electron chi connectivity index (χ1n) is 7.53. The predicted octanol–water partition coefficient (Wildman–Crippen LogP) is 0.265. The number of hydrogen-bond acceptors (Lipinski definition) is 0. The smallest absolute Gasteiger partial charge is 0.243 e. The molecule has 0 saturated carbocycles. The molecule has 0 spiro atoms. The number of halogens is 1. The van der Waals surface area contributed by atoms with Gasteiger partial charge in [-0.1, -0.05) is 60.7 Å². The van der Waals surface area contributed by atoms with Crippen molar-refractivity contribution in [2.75, 3.05) is 0 Å². The SMILES string of the molecule is [Cl-].c1ccc(CCn2cc[n+](CCc3ccccc3)c2)cc1. The van der Waals surface area contributed by atoms with Crippen molar-refractivity contribution in [3.05, 3.63) is 90.5 Å². The van der Waals surface area contributed by atoms with Gasteiger partial charge in [-0.3, -0.25) is 0 Å². The molecule has 1 aromatic heterocycles. The molecule has 0 fully saturated rings. The highest BCUT2D eigenvalue weighted by Crippen LogP contribution is 2.02. The Morgan fingerprint density at radius 3 is 2.00 bits per heavy atom. The van der Waals surface area contributed by atoms with E-state index in [1.165, 1.54) is 11.1 Å². The second-order valence-electron chi connectivity index (χ2n) is 5.36. The Morgan fingerprint density at radius 1 is 0.773 bits per heavy atom. The van der Waals surface area contributed by atoms with Crippen LogP contribution in [0.3, 0.4) is 0 Å². The van der Waals surface area contributed by atoms with Gasteiger partial charge in [0.25, 0.3) is 0 Å². The molecule has 0 saturated heterocycles. The standard InChI is InChI=1S/C19H21N2.ClH/c1-3-7-18(8-4-1)11-13-20-15-16-21(17-20)14-12-19-9-5-2-6-10-19;/h1-10,15-17H,11-14H2;1H/q+1;/p-1. The molecule has 0 aliphatic carbocycles. The molecule has 0 amide bonds. The van der Waals surface area contributed by atoms with Gasteiger partial charge in [0.15, 0.2) is 0 Å². The van der Waals surface area contributed by atoms with Crippen molar-refractivity contribution in [3.63, 3.8) is 0 Å².